The van der Waals surface area contributed by atoms with Crippen LogP contribution >= 0.6 is 0 Å². The van der Waals surface area contributed by atoms with Crippen LogP contribution in [0, 0.1) is 0 Å². The maximum atomic E-state index is 12.8. The topological polar surface area (TPSA) is 251 Å². The molecule has 0 saturated heterocycles. The van der Waals surface area contributed by atoms with Crippen molar-refractivity contribution in [2.75, 3.05) is 0 Å². The third kappa shape index (κ3) is 9.52. The molecule has 4 atom stereocenters. The Morgan fingerprint density at radius 2 is 1.32 bits per heavy atom. The van der Waals surface area contributed by atoms with Crippen LogP contribution < -0.4 is 27.4 Å². The Hall–Kier alpha value is -4.20. The van der Waals surface area contributed by atoms with Crippen molar-refractivity contribution in [3.05, 3.63) is 29.8 Å². The van der Waals surface area contributed by atoms with E-state index in [1.165, 1.54) is 31.2 Å². The van der Waals surface area contributed by atoms with Gasteiger partial charge in [0.15, 0.2) is 0 Å². The number of carbonyl (C=O) groups is 6. The van der Waals surface area contributed by atoms with Gasteiger partial charge in [0.2, 0.25) is 23.6 Å². The number of nitrogens with one attached hydrogen (secondary N) is 3. The molecule has 14 nitrogen and oxygen atoms in total. The average Bonchev–Trinajstić information content (AvgIpc) is 2.72. The van der Waals surface area contributed by atoms with Crippen molar-refractivity contribution in [3.63, 3.8) is 0 Å². The largest absolute Gasteiger partial charge is 0.508 e. The van der Waals surface area contributed by atoms with Gasteiger partial charge in [-0.2, -0.15) is 0 Å². The maximum Gasteiger partial charge on any atom is 0.326 e. The number of carboxylic acids is 2. The van der Waals surface area contributed by atoms with Crippen molar-refractivity contribution in [3.8, 4) is 5.75 Å². The van der Waals surface area contributed by atoms with Gasteiger partial charge < -0.3 is 42.7 Å². The van der Waals surface area contributed by atoms with Crippen LogP contribution in [0.15, 0.2) is 24.3 Å². The Bertz CT molecular complexity index is 933. The summed E-state index contributed by atoms with van der Waals surface area (Å²) in [6, 6.07) is -0.241. The number of amides is 4. The predicted octanol–water partition coefficient (Wildman–Crippen LogP) is -2.83. The summed E-state index contributed by atoms with van der Waals surface area (Å²) >= 11 is 0. The molecule has 186 valence electrons. The molecule has 0 aromatic heterocycles. The normalized spacial score (nSPS) is 14.1. The van der Waals surface area contributed by atoms with Crippen LogP contribution in [0.25, 0.3) is 0 Å². The van der Waals surface area contributed by atoms with E-state index >= 15 is 0 Å². The highest BCUT2D eigenvalue weighted by Crippen LogP contribution is 2.12. The molecule has 0 spiro atoms. The fourth-order valence-electron chi connectivity index (χ4n) is 2.71. The Labute approximate surface area is 193 Å². The quantitative estimate of drug-likeness (QED) is 0.143. The minimum absolute atomic E-state index is 0.0682. The Balaban J connectivity index is 3.17. The average molecular weight is 481 g/mol. The van der Waals surface area contributed by atoms with E-state index in [-0.39, 0.29) is 12.2 Å². The van der Waals surface area contributed by atoms with Gasteiger partial charge in [0, 0.05) is 6.42 Å². The zero-order chi connectivity index (χ0) is 26.0. The number of aliphatic carboxylic acids is 2. The van der Waals surface area contributed by atoms with Crippen LogP contribution in [-0.2, 0) is 35.2 Å². The lowest BCUT2D eigenvalue weighted by molar-refractivity contribution is -0.147. The molecular formula is C20H27N5O9. The molecule has 0 saturated carbocycles. The summed E-state index contributed by atoms with van der Waals surface area (Å²) in [5.74, 6) is -6.89. The highest BCUT2D eigenvalue weighted by atomic mass is 16.4. The van der Waals surface area contributed by atoms with Crippen molar-refractivity contribution >= 4 is 35.6 Å². The zero-order valence-corrected chi connectivity index (χ0v) is 18.2. The number of aromatic hydroxyl groups is 1. The molecule has 0 aliphatic rings. The molecule has 14 heteroatoms. The first-order chi connectivity index (χ1) is 15.8. The summed E-state index contributed by atoms with van der Waals surface area (Å²) < 4.78 is 0. The van der Waals surface area contributed by atoms with E-state index < -0.39 is 72.6 Å². The van der Waals surface area contributed by atoms with Gasteiger partial charge in [-0.3, -0.25) is 24.0 Å². The SMILES string of the molecule is CC(N)C(=O)NC(CC(N)=O)C(=O)NC(Cc1ccc(O)cc1)C(=O)NC(CC(=O)O)C(=O)O. The summed E-state index contributed by atoms with van der Waals surface area (Å²) in [6.07, 6.45) is -1.74. The van der Waals surface area contributed by atoms with Gasteiger partial charge in [0.05, 0.1) is 18.9 Å². The Morgan fingerprint density at radius 1 is 0.824 bits per heavy atom. The summed E-state index contributed by atoms with van der Waals surface area (Å²) in [5, 5.41) is 34.1. The summed E-state index contributed by atoms with van der Waals surface area (Å²) in [4.78, 5) is 71.1. The second-order valence-corrected chi connectivity index (χ2v) is 7.45. The molecule has 0 aliphatic heterocycles. The van der Waals surface area contributed by atoms with E-state index in [1.54, 1.807) is 0 Å². The molecule has 0 heterocycles. The molecule has 0 radical (unpaired) electrons. The molecule has 10 N–H and O–H groups in total. The van der Waals surface area contributed by atoms with E-state index in [4.69, 9.17) is 16.6 Å². The zero-order valence-electron chi connectivity index (χ0n) is 18.2. The molecular weight excluding hydrogens is 454 g/mol. The predicted molar refractivity (Wildman–Crippen MR) is 115 cm³/mol. The Kier molecular flexibility index (Phi) is 10.4. The number of hydrogen-bond donors (Lipinski definition) is 8. The van der Waals surface area contributed by atoms with Gasteiger partial charge in [-0.1, -0.05) is 12.1 Å². The Morgan fingerprint density at radius 3 is 1.79 bits per heavy atom. The van der Waals surface area contributed by atoms with E-state index in [9.17, 15) is 39.0 Å². The summed E-state index contributed by atoms with van der Waals surface area (Å²) in [6.45, 7) is 1.34. The lowest BCUT2D eigenvalue weighted by Gasteiger charge is -2.24. The van der Waals surface area contributed by atoms with Crippen LogP contribution in [0.4, 0.5) is 0 Å². The van der Waals surface area contributed by atoms with Crippen molar-refractivity contribution in [1.29, 1.82) is 0 Å². The number of benzene rings is 1. The fraction of sp³-hybridized carbons (Fsp3) is 0.400. The summed E-state index contributed by atoms with van der Waals surface area (Å²) in [7, 11) is 0. The molecule has 0 aliphatic carbocycles. The van der Waals surface area contributed by atoms with Crippen molar-refractivity contribution in [2.24, 2.45) is 11.5 Å². The van der Waals surface area contributed by atoms with Crippen LogP contribution in [0.2, 0.25) is 0 Å². The molecule has 34 heavy (non-hydrogen) atoms. The van der Waals surface area contributed by atoms with Gasteiger partial charge in [-0.05, 0) is 24.6 Å². The highest BCUT2D eigenvalue weighted by Gasteiger charge is 2.31. The van der Waals surface area contributed by atoms with E-state index in [2.05, 4.69) is 10.6 Å². The first-order valence-corrected chi connectivity index (χ1v) is 9.97. The monoisotopic (exact) mass is 481 g/mol. The number of rotatable bonds is 13. The van der Waals surface area contributed by atoms with Crippen molar-refractivity contribution in [2.45, 2.75) is 50.4 Å². The second kappa shape index (κ2) is 12.7. The van der Waals surface area contributed by atoms with Gasteiger partial charge in [0.25, 0.3) is 0 Å². The number of phenolic OH excluding ortho intramolecular Hbond substituents is 1. The third-order valence-electron chi connectivity index (χ3n) is 4.45. The van der Waals surface area contributed by atoms with Crippen molar-refractivity contribution in [1.82, 2.24) is 16.0 Å². The van der Waals surface area contributed by atoms with Crippen LogP contribution in [0.1, 0.15) is 25.3 Å². The molecule has 4 amide bonds. The lowest BCUT2D eigenvalue weighted by Crippen LogP contribution is -2.58. The first-order valence-electron chi connectivity index (χ1n) is 9.97. The minimum atomic E-state index is -1.79. The number of nitrogens with two attached hydrogens (primary N) is 2. The van der Waals surface area contributed by atoms with Crippen LogP contribution in [-0.4, -0.2) is 75.1 Å². The second-order valence-electron chi connectivity index (χ2n) is 7.45. The number of carbonyl (C=O) groups excluding carboxylic acids is 4. The number of carboxylic acid groups (broad SMARTS) is 2. The summed E-state index contributed by atoms with van der Waals surface area (Å²) in [5.41, 5.74) is 11.0. The van der Waals surface area contributed by atoms with E-state index in [0.29, 0.717) is 5.56 Å². The van der Waals surface area contributed by atoms with Gasteiger partial charge in [0.1, 0.15) is 23.9 Å². The van der Waals surface area contributed by atoms with Gasteiger partial charge >= 0.3 is 11.9 Å². The molecule has 1 aromatic rings. The third-order valence-corrected chi connectivity index (χ3v) is 4.45. The molecule has 1 aromatic carbocycles. The number of hydrogen-bond acceptors (Lipinski definition) is 8. The van der Waals surface area contributed by atoms with E-state index in [0.717, 1.165) is 0 Å². The van der Waals surface area contributed by atoms with Crippen LogP contribution in [0.5, 0.6) is 5.75 Å². The minimum Gasteiger partial charge on any atom is -0.508 e. The van der Waals surface area contributed by atoms with E-state index in [1.807, 2.05) is 5.32 Å². The highest BCUT2D eigenvalue weighted by molar-refractivity contribution is 5.96. The molecule has 0 fully saturated rings. The number of phenols is 1. The fourth-order valence-corrected chi connectivity index (χ4v) is 2.71. The molecule has 4 unspecified atom stereocenters. The van der Waals surface area contributed by atoms with Gasteiger partial charge in [-0.15, -0.1) is 0 Å². The first kappa shape index (κ1) is 27.8. The lowest BCUT2D eigenvalue weighted by atomic mass is 10.0. The number of primary amides is 1. The van der Waals surface area contributed by atoms with Gasteiger partial charge in [-0.25, -0.2) is 4.79 Å². The standard InChI is InChI=1S/C20H27N5O9/c1-9(21)17(30)23-13(7-15(22)27)19(32)24-12(6-10-2-4-11(26)5-3-10)18(31)25-14(20(33)34)8-16(28)29/h2-5,9,12-14,26H,6-8,21H2,1H3,(H2,22,27)(H,23,30)(H,24,32)(H,25,31)(H,28,29)(H,33,34). The maximum absolute atomic E-state index is 12.8. The molecule has 1 rings (SSSR count). The molecule has 0 bridgehead atoms. The van der Waals surface area contributed by atoms with Crippen molar-refractivity contribution < 1.29 is 44.1 Å². The smallest absolute Gasteiger partial charge is 0.326 e. The van der Waals surface area contributed by atoms with Crippen LogP contribution in [0.3, 0.4) is 0 Å².